The standard InChI is InChI=1S/C23H32O5/c1-14(2)8-7-9-15(3)10-11-17-19(25)13-20-18(22(17)27-16(4)24)12-21(26)23(5,6)28-20/h8,10,13,21,25-26H,7,9,11-12H2,1-6H3/t21-/m1/s1. The van der Waals surface area contributed by atoms with Crippen LogP contribution in [0.4, 0.5) is 0 Å². The average molecular weight is 389 g/mol. The quantitative estimate of drug-likeness (QED) is 0.422. The van der Waals surface area contributed by atoms with Crippen LogP contribution < -0.4 is 9.47 Å². The van der Waals surface area contributed by atoms with Gasteiger partial charge in [-0.1, -0.05) is 23.3 Å². The number of carbonyl (C=O) groups is 1. The number of aliphatic hydroxyl groups excluding tert-OH is 1. The highest BCUT2D eigenvalue weighted by atomic mass is 16.5. The molecule has 28 heavy (non-hydrogen) atoms. The summed E-state index contributed by atoms with van der Waals surface area (Å²) in [5.74, 6) is 0.288. The summed E-state index contributed by atoms with van der Waals surface area (Å²) >= 11 is 0. The number of phenols is 1. The first-order valence-corrected chi connectivity index (χ1v) is 9.73. The zero-order valence-electron chi connectivity index (χ0n) is 17.8. The van der Waals surface area contributed by atoms with E-state index in [2.05, 4.69) is 26.8 Å². The van der Waals surface area contributed by atoms with E-state index < -0.39 is 17.7 Å². The first-order valence-electron chi connectivity index (χ1n) is 9.73. The molecule has 1 atom stereocenters. The summed E-state index contributed by atoms with van der Waals surface area (Å²) in [7, 11) is 0. The van der Waals surface area contributed by atoms with E-state index in [-0.39, 0.29) is 5.75 Å². The molecule has 0 bridgehead atoms. The van der Waals surface area contributed by atoms with Crippen LogP contribution in [0.5, 0.6) is 17.2 Å². The molecule has 0 unspecified atom stereocenters. The average Bonchev–Trinajstić information content (AvgIpc) is 2.55. The minimum atomic E-state index is -0.782. The lowest BCUT2D eigenvalue weighted by Crippen LogP contribution is -2.46. The first kappa shape index (κ1) is 22.0. The predicted molar refractivity (Wildman–Crippen MR) is 110 cm³/mol. The number of aromatic hydroxyl groups is 1. The van der Waals surface area contributed by atoms with Gasteiger partial charge >= 0.3 is 5.97 Å². The Morgan fingerprint density at radius 2 is 1.96 bits per heavy atom. The zero-order chi connectivity index (χ0) is 21.1. The van der Waals surface area contributed by atoms with Crippen molar-refractivity contribution in [1.82, 2.24) is 0 Å². The number of esters is 1. The monoisotopic (exact) mass is 388 g/mol. The van der Waals surface area contributed by atoms with Crippen molar-refractivity contribution in [2.75, 3.05) is 0 Å². The maximum atomic E-state index is 11.7. The molecule has 0 spiro atoms. The molecular formula is C23H32O5. The topological polar surface area (TPSA) is 76.0 Å². The third-order valence-electron chi connectivity index (χ3n) is 4.99. The van der Waals surface area contributed by atoms with Crippen LogP contribution in [0.15, 0.2) is 29.4 Å². The Bertz CT molecular complexity index is 798. The number of ether oxygens (including phenoxy) is 2. The van der Waals surface area contributed by atoms with Crippen LogP contribution in [0.3, 0.4) is 0 Å². The van der Waals surface area contributed by atoms with Crippen LogP contribution in [0.2, 0.25) is 0 Å². The maximum absolute atomic E-state index is 11.7. The summed E-state index contributed by atoms with van der Waals surface area (Å²) in [4.78, 5) is 11.7. The number of hydrogen-bond donors (Lipinski definition) is 2. The van der Waals surface area contributed by atoms with E-state index in [9.17, 15) is 15.0 Å². The van der Waals surface area contributed by atoms with Crippen molar-refractivity contribution in [3.63, 3.8) is 0 Å². The summed E-state index contributed by atoms with van der Waals surface area (Å²) < 4.78 is 11.3. The van der Waals surface area contributed by atoms with Gasteiger partial charge in [-0.2, -0.15) is 0 Å². The number of hydrogen-bond acceptors (Lipinski definition) is 5. The van der Waals surface area contributed by atoms with E-state index in [4.69, 9.17) is 9.47 Å². The number of benzene rings is 1. The van der Waals surface area contributed by atoms with Crippen molar-refractivity contribution >= 4 is 5.97 Å². The van der Waals surface area contributed by atoms with Gasteiger partial charge in [-0.25, -0.2) is 0 Å². The molecule has 1 aromatic carbocycles. The van der Waals surface area contributed by atoms with E-state index >= 15 is 0 Å². The molecule has 0 aliphatic carbocycles. The molecule has 1 heterocycles. The van der Waals surface area contributed by atoms with Gasteiger partial charge in [-0.15, -0.1) is 0 Å². The van der Waals surface area contributed by atoms with Crippen molar-refractivity contribution in [1.29, 1.82) is 0 Å². The highest BCUT2D eigenvalue weighted by Gasteiger charge is 2.38. The molecule has 5 nitrogen and oxygen atoms in total. The van der Waals surface area contributed by atoms with Crippen molar-refractivity contribution in [2.45, 2.75) is 78.9 Å². The summed E-state index contributed by atoms with van der Waals surface area (Å²) in [6.07, 6.45) is 6.11. The fourth-order valence-electron chi connectivity index (χ4n) is 3.21. The Hall–Kier alpha value is -2.27. The molecule has 2 rings (SSSR count). The van der Waals surface area contributed by atoms with E-state index in [0.717, 1.165) is 12.8 Å². The molecule has 0 fully saturated rings. The van der Waals surface area contributed by atoms with Crippen LogP contribution in [-0.2, 0) is 17.6 Å². The smallest absolute Gasteiger partial charge is 0.308 e. The molecule has 0 saturated heterocycles. The van der Waals surface area contributed by atoms with Crippen molar-refractivity contribution in [3.8, 4) is 17.2 Å². The van der Waals surface area contributed by atoms with Crippen molar-refractivity contribution in [2.24, 2.45) is 0 Å². The lowest BCUT2D eigenvalue weighted by molar-refractivity contribution is -0.132. The Balaban J connectivity index is 2.37. The van der Waals surface area contributed by atoms with Crippen LogP contribution in [-0.4, -0.2) is 27.9 Å². The fraction of sp³-hybridized carbons (Fsp3) is 0.522. The maximum Gasteiger partial charge on any atom is 0.308 e. The minimum Gasteiger partial charge on any atom is -0.507 e. The lowest BCUT2D eigenvalue weighted by atomic mass is 9.88. The zero-order valence-corrected chi connectivity index (χ0v) is 17.8. The van der Waals surface area contributed by atoms with Crippen LogP contribution >= 0.6 is 0 Å². The predicted octanol–water partition coefficient (Wildman–Crippen LogP) is 4.63. The molecule has 0 saturated carbocycles. The van der Waals surface area contributed by atoms with Gasteiger partial charge in [0.2, 0.25) is 0 Å². The lowest BCUT2D eigenvalue weighted by Gasteiger charge is -2.38. The van der Waals surface area contributed by atoms with Gasteiger partial charge in [-0.3, -0.25) is 4.79 Å². The Labute approximate surface area is 167 Å². The molecule has 0 radical (unpaired) electrons. The van der Waals surface area contributed by atoms with Crippen LogP contribution in [0.1, 0.15) is 65.5 Å². The van der Waals surface area contributed by atoms with Crippen molar-refractivity contribution < 1.29 is 24.5 Å². The van der Waals surface area contributed by atoms with E-state index in [0.29, 0.717) is 35.5 Å². The number of fused-ring (bicyclic) bond motifs is 1. The normalized spacial score (nSPS) is 18.1. The summed E-state index contributed by atoms with van der Waals surface area (Å²) in [6.45, 7) is 11.1. The second-order valence-corrected chi connectivity index (χ2v) is 8.27. The third kappa shape index (κ3) is 5.38. The molecule has 154 valence electrons. The molecular weight excluding hydrogens is 356 g/mol. The minimum absolute atomic E-state index is 0.0236. The largest absolute Gasteiger partial charge is 0.507 e. The highest BCUT2D eigenvalue weighted by molar-refractivity contribution is 5.72. The second kappa shape index (κ2) is 8.82. The van der Waals surface area contributed by atoms with E-state index in [1.54, 1.807) is 19.9 Å². The van der Waals surface area contributed by atoms with Crippen LogP contribution in [0, 0.1) is 0 Å². The summed E-state index contributed by atoms with van der Waals surface area (Å²) in [6, 6.07) is 1.55. The molecule has 0 aromatic heterocycles. The number of phenolic OH excluding ortho intramolecular Hbond substituents is 1. The molecule has 1 aliphatic heterocycles. The fourth-order valence-corrected chi connectivity index (χ4v) is 3.21. The number of carbonyl (C=O) groups excluding carboxylic acids is 1. The second-order valence-electron chi connectivity index (χ2n) is 8.27. The van der Waals surface area contributed by atoms with Crippen molar-refractivity contribution in [3.05, 3.63) is 40.5 Å². The highest BCUT2D eigenvalue weighted by Crippen LogP contribution is 2.45. The van der Waals surface area contributed by atoms with Gasteiger partial charge in [0, 0.05) is 30.5 Å². The first-order chi connectivity index (χ1) is 13.0. The van der Waals surface area contributed by atoms with Gasteiger partial charge < -0.3 is 19.7 Å². The summed E-state index contributed by atoms with van der Waals surface area (Å²) in [5.41, 5.74) is 2.85. The van der Waals surface area contributed by atoms with Gasteiger partial charge in [0.15, 0.2) is 0 Å². The van der Waals surface area contributed by atoms with Gasteiger partial charge in [0.25, 0.3) is 0 Å². The molecule has 0 amide bonds. The molecule has 2 N–H and O–H groups in total. The Morgan fingerprint density at radius 3 is 2.57 bits per heavy atom. The van der Waals surface area contributed by atoms with Gasteiger partial charge in [0.1, 0.15) is 22.8 Å². The Kier molecular flexibility index (Phi) is 6.94. The van der Waals surface area contributed by atoms with Gasteiger partial charge in [0.05, 0.1) is 6.10 Å². The van der Waals surface area contributed by atoms with Crippen LogP contribution in [0.25, 0.3) is 0 Å². The molecule has 5 heteroatoms. The number of rotatable bonds is 6. The van der Waals surface area contributed by atoms with E-state index in [1.807, 2.05) is 6.08 Å². The number of allylic oxidation sites excluding steroid dienone is 4. The summed E-state index contributed by atoms with van der Waals surface area (Å²) in [5, 5.41) is 21.0. The third-order valence-corrected chi connectivity index (χ3v) is 4.99. The SMILES string of the molecule is CC(=O)Oc1c(CC=C(C)CCC=C(C)C)c(O)cc2c1C[C@@H](O)C(C)(C)O2. The molecule has 1 aliphatic rings. The van der Waals surface area contributed by atoms with Gasteiger partial charge in [-0.05, 0) is 53.9 Å². The van der Waals surface area contributed by atoms with E-state index in [1.165, 1.54) is 18.1 Å². The Morgan fingerprint density at radius 1 is 1.29 bits per heavy atom. The number of aliphatic hydroxyl groups is 1. The molecule has 1 aromatic rings.